The summed E-state index contributed by atoms with van der Waals surface area (Å²) in [7, 11) is 0. The standard InChI is InChI=1S/C11H10N4OS/c12-7-1-2-10-9(3-7)13-6-15(10)4-8-5-17-11(16)14-8/h1-3,5-6H,4,12H2,(H,14,16). The zero-order chi connectivity index (χ0) is 11.8. The number of fused-ring (bicyclic) bond motifs is 1. The molecule has 0 atom stereocenters. The van der Waals surface area contributed by atoms with E-state index in [-0.39, 0.29) is 4.87 Å². The minimum atomic E-state index is -0.0336. The van der Waals surface area contributed by atoms with Crippen LogP contribution in [0.2, 0.25) is 0 Å². The van der Waals surface area contributed by atoms with Crippen molar-refractivity contribution in [1.82, 2.24) is 14.5 Å². The van der Waals surface area contributed by atoms with E-state index in [1.54, 1.807) is 6.33 Å². The highest BCUT2D eigenvalue weighted by atomic mass is 32.1. The molecule has 0 bridgehead atoms. The number of hydrogen-bond acceptors (Lipinski definition) is 4. The molecule has 0 aliphatic carbocycles. The molecule has 6 heteroatoms. The van der Waals surface area contributed by atoms with Crippen LogP contribution >= 0.6 is 11.3 Å². The van der Waals surface area contributed by atoms with Crippen molar-refractivity contribution in [3.05, 3.63) is 45.3 Å². The second-order valence-electron chi connectivity index (χ2n) is 3.79. The van der Waals surface area contributed by atoms with Crippen molar-refractivity contribution in [3.8, 4) is 0 Å². The van der Waals surface area contributed by atoms with Gasteiger partial charge in [-0.1, -0.05) is 11.3 Å². The lowest BCUT2D eigenvalue weighted by atomic mass is 10.3. The van der Waals surface area contributed by atoms with E-state index in [4.69, 9.17) is 5.73 Å². The van der Waals surface area contributed by atoms with Crippen LogP contribution in [0.1, 0.15) is 5.69 Å². The lowest BCUT2D eigenvalue weighted by Gasteiger charge is -2.01. The Morgan fingerprint density at radius 1 is 1.47 bits per heavy atom. The first-order valence-corrected chi connectivity index (χ1v) is 5.97. The van der Waals surface area contributed by atoms with Crippen LogP contribution in [0.5, 0.6) is 0 Å². The number of rotatable bonds is 2. The van der Waals surface area contributed by atoms with Crippen LogP contribution in [0, 0.1) is 0 Å². The molecule has 2 aromatic heterocycles. The SMILES string of the molecule is Nc1ccc2c(c1)ncn2Cc1csc(=O)[nH]1. The summed E-state index contributed by atoms with van der Waals surface area (Å²) in [6.45, 7) is 0.610. The molecule has 0 radical (unpaired) electrons. The zero-order valence-corrected chi connectivity index (χ0v) is 9.70. The summed E-state index contributed by atoms with van der Waals surface area (Å²) in [6, 6.07) is 5.61. The Labute approximate surface area is 101 Å². The summed E-state index contributed by atoms with van der Waals surface area (Å²) in [6.07, 6.45) is 1.75. The maximum atomic E-state index is 11.0. The van der Waals surface area contributed by atoms with E-state index in [2.05, 4.69) is 9.97 Å². The first-order chi connectivity index (χ1) is 8.22. The van der Waals surface area contributed by atoms with Crippen LogP contribution in [0.3, 0.4) is 0 Å². The maximum Gasteiger partial charge on any atom is 0.304 e. The average molecular weight is 246 g/mol. The largest absolute Gasteiger partial charge is 0.399 e. The van der Waals surface area contributed by atoms with Gasteiger partial charge < -0.3 is 15.3 Å². The van der Waals surface area contributed by atoms with Crippen molar-refractivity contribution >= 4 is 28.1 Å². The van der Waals surface area contributed by atoms with Crippen LogP contribution in [0.15, 0.2) is 34.7 Å². The van der Waals surface area contributed by atoms with E-state index >= 15 is 0 Å². The van der Waals surface area contributed by atoms with Crippen molar-refractivity contribution < 1.29 is 0 Å². The van der Waals surface area contributed by atoms with Crippen LogP contribution < -0.4 is 10.6 Å². The number of nitrogens with two attached hydrogens (primary N) is 1. The van der Waals surface area contributed by atoms with Crippen LogP contribution in [-0.2, 0) is 6.54 Å². The van der Waals surface area contributed by atoms with Gasteiger partial charge in [0.05, 0.1) is 23.9 Å². The van der Waals surface area contributed by atoms with Crippen molar-refractivity contribution in [2.24, 2.45) is 0 Å². The molecular formula is C11H10N4OS. The van der Waals surface area contributed by atoms with Crippen molar-refractivity contribution in [2.45, 2.75) is 6.54 Å². The van der Waals surface area contributed by atoms with E-state index in [0.717, 1.165) is 16.7 Å². The maximum absolute atomic E-state index is 11.0. The van der Waals surface area contributed by atoms with E-state index in [0.29, 0.717) is 12.2 Å². The number of nitrogen functional groups attached to an aromatic ring is 1. The van der Waals surface area contributed by atoms with Crippen molar-refractivity contribution in [1.29, 1.82) is 0 Å². The molecule has 17 heavy (non-hydrogen) atoms. The Hall–Kier alpha value is -2.08. The summed E-state index contributed by atoms with van der Waals surface area (Å²) in [5.74, 6) is 0. The molecule has 0 spiro atoms. The summed E-state index contributed by atoms with van der Waals surface area (Å²) in [5.41, 5.74) is 9.15. The lowest BCUT2D eigenvalue weighted by Crippen LogP contribution is -2.01. The number of thiazole rings is 1. The number of benzene rings is 1. The zero-order valence-electron chi connectivity index (χ0n) is 8.88. The normalized spacial score (nSPS) is 11.1. The summed E-state index contributed by atoms with van der Waals surface area (Å²) < 4.78 is 1.98. The molecule has 86 valence electrons. The lowest BCUT2D eigenvalue weighted by molar-refractivity contribution is 0.801. The number of nitrogens with one attached hydrogen (secondary N) is 1. The fourth-order valence-electron chi connectivity index (χ4n) is 1.78. The number of aromatic amines is 1. The molecule has 0 aliphatic rings. The molecule has 0 saturated heterocycles. The Kier molecular flexibility index (Phi) is 2.22. The van der Waals surface area contributed by atoms with Gasteiger partial charge in [0.2, 0.25) is 0 Å². The van der Waals surface area contributed by atoms with Gasteiger partial charge in [-0.15, -0.1) is 0 Å². The molecule has 0 saturated carbocycles. The number of H-pyrrole nitrogens is 1. The highest BCUT2D eigenvalue weighted by Crippen LogP contribution is 2.16. The third kappa shape index (κ3) is 1.83. The van der Waals surface area contributed by atoms with Gasteiger partial charge in [-0.25, -0.2) is 4.98 Å². The highest BCUT2D eigenvalue weighted by molar-refractivity contribution is 7.07. The van der Waals surface area contributed by atoms with Gasteiger partial charge in [-0.05, 0) is 18.2 Å². The Balaban J connectivity index is 2.03. The third-order valence-corrected chi connectivity index (χ3v) is 3.28. The van der Waals surface area contributed by atoms with Crippen molar-refractivity contribution in [2.75, 3.05) is 5.73 Å². The monoisotopic (exact) mass is 246 g/mol. The minimum Gasteiger partial charge on any atom is -0.399 e. The van der Waals surface area contributed by atoms with Gasteiger partial charge in [0, 0.05) is 16.8 Å². The van der Waals surface area contributed by atoms with Gasteiger partial charge in [-0.3, -0.25) is 4.79 Å². The summed E-state index contributed by atoms with van der Waals surface area (Å²) in [4.78, 5) is 18.1. The third-order valence-electron chi connectivity index (χ3n) is 2.56. The van der Waals surface area contributed by atoms with Gasteiger partial charge in [0.1, 0.15) is 0 Å². The number of imidazole rings is 1. The van der Waals surface area contributed by atoms with E-state index in [9.17, 15) is 4.79 Å². The Morgan fingerprint density at radius 3 is 3.12 bits per heavy atom. The van der Waals surface area contributed by atoms with E-state index < -0.39 is 0 Å². The molecule has 3 rings (SSSR count). The predicted molar refractivity (Wildman–Crippen MR) is 68.2 cm³/mol. The van der Waals surface area contributed by atoms with E-state index in [1.165, 1.54) is 11.3 Å². The molecule has 0 aliphatic heterocycles. The first-order valence-electron chi connectivity index (χ1n) is 5.09. The van der Waals surface area contributed by atoms with Gasteiger partial charge in [-0.2, -0.15) is 0 Å². The molecule has 1 aromatic carbocycles. The molecule has 0 amide bonds. The molecular weight excluding hydrogens is 236 g/mol. The average Bonchev–Trinajstić information content (AvgIpc) is 2.86. The fraction of sp³-hybridized carbons (Fsp3) is 0.0909. The smallest absolute Gasteiger partial charge is 0.304 e. The predicted octanol–water partition coefficient (Wildman–Crippen LogP) is 1.42. The fourth-order valence-corrected chi connectivity index (χ4v) is 2.35. The van der Waals surface area contributed by atoms with Gasteiger partial charge in [0.25, 0.3) is 0 Å². The molecule has 2 heterocycles. The second-order valence-corrected chi connectivity index (χ2v) is 4.64. The topological polar surface area (TPSA) is 76.7 Å². The number of aromatic nitrogens is 3. The number of anilines is 1. The Bertz CT molecular complexity index is 724. The van der Waals surface area contributed by atoms with Gasteiger partial charge >= 0.3 is 4.87 Å². The number of nitrogens with zero attached hydrogens (tertiary/aromatic N) is 2. The Morgan fingerprint density at radius 2 is 2.35 bits per heavy atom. The van der Waals surface area contributed by atoms with E-state index in [1.807, 2.05) is 28.1 Å². The molecule has 3 aromatic rings. The quantitative estimate of drug-likeness (QED) is 0.671. The number of hydrogen-bond donors (Lipinski definition) is 2. The molecule has 3 N–H and O–H groups in total. The van der Waals surface area contributed by atoms with Crippen molar-refractivity contribution in [3.63, 3.8) is 0 Å². The highest BCUT2D eigenvalue weighted by Gasteiger charge is 2.04. The van der Waals surface area contributed by atoms with Crippen LogP contribution in [0.4, 0.5) is 5.69 Å². The first kappa shape index (κ1) is 10.1. The second kappa shape index (κ2) is 3.74. The van der Waals surface area contributed by atoms with Crippen LogP contribution in [-0.4, -0.2) is 14.5 Å². The summed E-state index contributed by atoms with van der Waals surface area (Å²) in [5, 5.41) is 1.82. The molecule has 5 nitrogen and oxygen atoms in total. The molecule has 0 fully saturated rings. The minimum absolute atomic E-state index is 0.0336. The molecule has 0 unspecified atom stereocenters. The van der Waals surface area contributed by atoms with Gasteiger partial charge in [0.15, 0.2) is 0 Å². The van der Waals surface area contributed by atoms with Crippen LogP contribution in [0.25, 0.3) is 11.0 Å². The summed E-state index contributed by atoms with van der Waals surface area (Å²) >= 11 is 1.17.